The quantitative estimate of drug-likeness (QED) is 0.541. The Balaban J connectivity index is 2.73. The maximum absolute atomic E-state index is 12.9. The third-order valence-corrected chi connectivity index (χ3v) is 2.69. The van der Waals surface area contributed by atoms with E-state index in [4.69, 9.17) is 12.2 Å². The van der Waals surface area contributed by atoms with Crippen LogP contribution in [0.3, 0.4) is 0 Å². The van der Waals surface area contributed by atoms with Crippen molar-refractivity contribution in [1.29, 1.82) is 0 Å². The lowest BCUT2D eigenvalue weighted by Crippen LogP contribution is -2.45. The minimum absolute atomic E-state index is 0.186. The van der Waals surface area contributed by atoms with E-state index in [1.54, 1.807) is 7.05 Å². The molecule has 1 aromatic carbocycles. The summed E-state index contributed by atoms with van der Waals surface area (Å²) in [4.78, 5) is 11.6. The van der Waals surface area contributed by atoms with Crippen molar-refractivity contribution < 1.29 is 9.18 Å². The first-order valence-corrected chi connectivity index (χ1v) is 5.48. The number of amides is 1. The van der Waals surface area contributed by atoms with Crippen LogP contribution < -0.4 is 16.2 Å². The number of hydrazine groups is 1. The average molecular weight is 306 g/mol. The molecule has 0 spiro atoms. The summed E-state index contributed by atoms with van der Waals surface area (Å²) in [5.74, 6) is -0.964. The highest BCUT2D eigenvalue weighted by Crippen LogP contribution is 2.17. The first kappa shape index (κ1) is 12.9. The highest BCUT2D eigenvalue weighted by atomic mass is 79.9. The van der Waals surface area contributed by atoms with E-state index in [0.29, 0.717) is 4.47 Å². The van der Waals surface area contributed by atoms with Crippen molar-refractivity contribution in [3.63, 3.8) is 0 Å². The Morgan fingerprint density at radius 2 is 2.12 bits per heavy atom. The van der Waals surface area contributed by atoms with Crippen molar-refractivity contribution >= 4 is 39.2 Å². The molecule has 7 heteroatoms. The van der Waals surface area contributed by atoms with Gasteiger partial charge in [0, 0.05) is 11.5 Å². The van der Waals surface area contributed by atoms with Crippen molar-refractivity contribution in [2.45, 2.75) is 0 Å². The molecule has 0 aliphatic carbocycles. The Kier molecular flexibility index (Phi) is 4.63. The molecule has 0 saturated heterocycles. The molecular weight excluding hydrogens is 297 g/mol. The summed E-state index contributed by atoms with van der Waals surface area (Å²) in [5, 5.41) is 2.88. The van der Waals surface area contributed by atoms with Gasteiger partial charge in [-0.1, -0.05) is 0 Å². The molecule has 1 amide bonds. The van der Waals surface area contributed by atoms with Gasteiger partial charge >= 0.3 is 0 Å². The number of carbonyl (C=O) groups is 1. The number of rotatable bonds is 1. The molecule has 4 nitrogen and oxygen atoms in total. The van der Waals surface area contributed by atoms with E-state index in [9.17, 15) is 9.18 Å². The highest BCUT2D eigenvalue weighted by Gasteiger charge is 2.10. The summed E-state index contributed by atoms with van der Waals surface area (Å²) >= 11 is 7.91. The van der Waals surface area contributed by atoms with E-state index in [2.05, 4.69) is 32.1 Å². The maximum Gasteiger partial charge on any atom is 0.270 e. The fraction of sp³-hybridized carbons (Fsp3) is 0.111. The van der Waals surface area contributed by atoms with Gasteiger partial charge in [0.2, 0.25) is 0 Å². The van der Waals surface area contributed by atoms with Crippen LogP contribution in [0.2, 0.25) is 0 Å². The molecule has 0 heterocycles. The van der Waals surface area contributed by atoms with Crippen LogP contribution in [-0.4, -0.2) is 18.1 Å². The summed E-state index contributed by atoms with van der Waals surface area (Å²) in [7, 11) is 1.61. The Morgan fingerprint density at radius 3 is 2.75 bits per heavy atom. The molecule has 0 aliphatic heterocycles. The predicted molar refractivity (Wildman–Crippen MR) is 66.4 cm³/mol. The first-order valence-electron chi connectivity index (χ1n) is 4.27. The van der Waals surface area contributed by atoms with E-state index in [1.165, 1.54) is 12.1 Å². The van der Waals surface area contributed by atoms with Crippen molar-refractivity contribution in [2.75, 3.05) is 7.05 Å². The Bertz CT molecular complexity index is 427. The van der Waals surface area contributed by atoms with Crippen LogP contribution in [0.4, 0.5) is 4.39 Å². The normalized spacial score (nSPS) is 9.44. The summed E-state index contributed by atoms with van der Waals surface area (Å²) in [5.41, 5.74) is 4.97. The zero-order chi connectivity index (χ0) is 12.1. The third-order valence-electron chi connectivity index (χ3n) is 1.69. The van der Waals surface area contributed by atoms with Crippen LogP contribution in [0.5, 0.6) is 0 Å². The van der Waals surface area contributed by atoms with E-state index in [0.717, 1.165) is 6.07 Å². The highest BCUT2D eigenvalue weighted by molar-refractivity contribution is 9.10. The van der Waals surface area contributed by atoms with Gasteiger partial charge in [0.15, 0.2) is 5.11 Å². The number of hydrogen-bond donors (Lipinski definition) is 3. The van der Waals surface area contributed by atoms with Crippen molar-refractivity contribution in [2.24, 2.45) is 0 Å². The van der Waals surface area contributed by atoms with E-state index < -0.39 is 11.7 Å². The minimum Gasteiger partial charge on any atom is -0.364 e. The molecule has 16 heavy (non-hydrogen) atoms. The smallest absolute Gasteiger partial charge is 0.270 e. The van der Waals surface area contributed by atoms with Gasteiger partial charge in [0.05, 0.1) is 5.56 Å². The lowest BCUT2D eigenvalue weighted by molar-refractivity contribution is 0.0942. The first-order chi connectivity index (χ1) is 7.54. The zero-order valence-corrected chi connectivity index (χ0v) is 10.7. The van der Waals surface area contributed by atoms with E-state index in [1.807, 2.05) is 0 Å². The lowest BCUT2D eigenvalue weighted by atomic mass is 10.2. The average Bonchev–Trinajstić information content (AvgIpc) is 2.28. The molecule has 86 valence electrons. The van der Waals surface area contributed by atoms with Crippen LogP contribution >= 0.6 is 28.1 Å². The van der Waals surface area contributed by atoms with Crippen molar-refractivity contribution in [3.8, 4) is 0 Å². The van der Waals surface area contributed by atoms with Gasteiger partial charge in [-0.25, -0.2) is 4.39 Å². The van der Waals surface area contributed by atoms with Gasteiger partial charge in [-0.15, -0.1) is 0 Å². The number of thiocarbonyl (C=S) groups is 1. The fourth-order valence-electron chi connectivity index (χ4n) is 0.915. The third kappa shape index (κ3) is 3.42. The van der Waals surface area contributed by atoms with E-state index >= 15 is 0 Å². The van der Waals surface area contributed by atoms with Crippen LogP contribution in [0.15, 0.2) is 22.7 Å². The molecule has 0 aliphatic rings. The van der Waals surface area contributed by atoms with Crippen LogP contribution in [0, 0.1) is 5.82 Å². The standard InChI is InChI=1S/C9H9BrFN3OS/c1-12-9(16)14-13-8(15)6-4-5(11)2-3-7(6)10/h2-4H,1H3,(H,13,15)(H2,12,14,16). The molecule has 0 bridgehead atoms. The van der Waals surface area contributed by atoms with Crippen molar-refractivity contribution in [1.82, 2.24) is 16.2 Å². The summed E-state index contributed by atoms with van der Waals surface area (Å²) < 4.78 is 13.4. The molecule has 0 radical (unpaired) electrons. The van der Waals surface area contributed by atoms with Gasteiger partial charge in [-0.2, -0.15) is 0 Å². The molecule has 1 rings (SSSR count). The van der Waals surface area contributed by atoms with Gasteiger partial charge in [-0.3, -0.25) is 15.6 Å². The molecule has 1 aromatic rings. The maximum atomic E-state index is 12.9. The minimum atomic E-state index is -0.482. The number of benzene rings is 1. The number of carbonyl (C=O) groups excluding carboxylic acids is 1. The van der Waals surface area contributed by atoms with Gasteiger partial charge in [0.1, 0.15) is 5.82 Å². The number of nitrogens with one attached hydrogen (secondary N) is 3. The topological polar surface area (TPSA) is 53.2 Å². The molecular formula is C9H9BrFN3OS. The summed E-state index contributed by atoms with van der Waals surface area (Å²) in [6, 6.07) is 3.84. The van der Waals surface area contributed by atoms with Crippen LogP contribution in [0.25, 0.3) is 0 Å². The van der Waals surface area contributed by atoms with Gasteiger partial charge in [-0.05, 0) is 46.3 Å². The zero-order valence-electron chi connectivity index (χ0n) is 8.30. The number of halogens is 2. The SMILES string of the molecule is CNC(=S)NNC(=O)c1cc(F)ccc1Br. The predicted octanol–water partition coefficient (Wildman–Crippen LogP) is 1.33. The van der Waals surface area contributed by atoms with Crippen LogP contribution in [0.1, 0.15) is 10.4 Å². The molecule has 0 fully saturated rings. The van der Waals surface area contributed by atoms with Crippen LogP contribution in [-0.2, 0) is 0 Å². The second kappa shape index (κ2) is 5.76. The summed E-state index contributed by atoms with van der Waals surface area (Å²) in [6.07, 6.45) is 0. The van der Waals surface area contributed by atoms with E-state index in [-0.39, 0.29) is 10.7 Å². The number of hydrogen-bond acceptors (Lipinski definition) is 2. The summed E-state index contributed by atoms with van der Waals surface area (Å²) in [6.45, 7) is 0. The molecule has 0 atom stereocenters. The fourth-order valence-corrected chi connectivity index (χ4v) is 1.39. The van der Waals surface area contributed by atoms with Gasteiger partial charge in [0.25, 0.3) is 5.91 Å². The Labute approximate surface area is 106 Å². The second-order valence-electron chi connectivity index (χ2n) is 2.78. The van der Waals surface area contributed by atoms with Gasteiger partial charge < -0.3 is 5.32 Å². The van der Waals surface area contributed by atoms with Crippen molar-refractivity contribution in [3.05, 3.63) is 34.1 Å². The lowest BCUT2D eigenvalue weighted by Gasteiger charge is -2.09. The molecule has 0 unspecified atom stereocenters. The molecule has 3 N–H and O–H groups in total. The second-order valence-corrected chi connectivity index (χ2v) is 4.05. The Morgan fingerprint density at radius 1 is 1.44 bits per heavy atom. The molecule has 0 aromatic heterocycles. The largest absolute Gasteiger partial charge is 0.364 e. The molecule has 0 saturated carbocycles. The monoisotopic (exact) mass is 305 g/mol. The Hall–Kier alpha value is -1.21.